The number of hydrogen-bond donors (Lipinski definition) is 2. The Morgan fingerprint density at radius 2 is 2.12 bits per heavy atom. The van der Waals surface area contributed by atoms with Crippen LogP contribution < -0.4 is 5.73 Å². The minimum Gasteiger partial charge on any atom is -0.399 e. The van der Waals surface area contributed by atoms with Gasteiger partial charge in [-0.2, -0.15) is 0 Å². The highest BCUT2D eigenvalue weighted by Crippen LogP contribution is 2.15. The van der Waals surface area contributed by atoms with E-state index in [2.05, 4.69) is 18.7 Å². The smallest absolute Gasteiger partial charge is 0.129 e. The molecular formula is C13H21FN2O. The predicted molar refractivity (Wildman–Crippen MR) is 68.1 cm³/mol. The molecule has 0 atom stereocenters. The van der Waals surface area contributed by atoms with Crippen molar-refractivity contribution < 1.29 is 9.50 Å². The highest BCUT2D eigenvalue weighted by Gasteiger charge is 2.12. The van der Waals surface area contributed by atoms with Gasteiger partial charge >= 0.3 is 0 Å². The van der Waals surface area contributed by atoms with Gasteiger partial charge in [-0.05, 0) is 32.4 Å². The molecule has 3 nitrogen and oxygen atoms in total. The minimum atomic E-state index is -0.264. The molecule has 0 saturated carbocycles. The van der Waals surface area contributed by atoms with Gasteiger partial charge < -0.3 is 10.8 Å². The summed E-state index contributed by atoms with van der Waals surface area (Å²) in [6, 6.07) is 5.10. The third kappa shape index (κ3) is 4.32. The van der Waals surface area contributed by atoms with Gasteiger partial charge in [-0.3, -0.25) is 4.90 Å². The van der Waals surface area contributed by atoms with E-state index in [9.17, 15) is 4.39 Å². The van der Waals surface area contributed by atoms with Gasteiger partial charge in [-0.25, -0.2) is 4.39 Å². The fraction of sp³-hybridized carbons (Fsp3) is 0.538. The van der Waals surface area contributed by atoms with Gasteiger partial charge in [-0.15, -0.1) is 0 Å². The summed E-state index contributed by atoms with van der Waals surface area (Å²) in [7, 11) is 0. The molecule has 0 fully saturated rings. The van der Waals surface area contributed by atoms with Crippen LogP contribution in [0.3, 0.4) is 0 Å². The number of benzene rings is 1. The Labute approximate surface area is 102 Å². The average Bonchev–Trinajstić information content (AvgIpc) is 2.26. The maximum absolute atomic E-state index is 13.6. The molecule has 0 radical (unpaired) electrons. The lowest BCUT2D eigenvalue weighted by atomic mass is 10.1. The standard InChI is InChI=1S/C13H21FN2O/c1-10(2)16(6-3-7-17)9-11-4-5-12(15)8-13(11)14/h4-5,8,10,17H,3,6-7,9,15H2,1-2H3. The molecule has 0 saturated heterocycles. The normalized spacial score (nSPS) is 11.4. The highest BCUT2D eigenvalue weighted by atomic mass is 19.1. The predicted octanol–water partition coefficient (Wildman–Crippen LogP) is 2.00. The molecule has 3 N–H and O–H groups in total. The molecule has 0 heterocycles. The maximum Gasteiger partial charge on any atom is 0.129 e. The van der Waals surface area contributed by atoms with Gasteiger partial charge in [0, 0.05) is 37.0 Å². The van der Waals surface area contributed by atoms with Crippen molar-refractivity contribution in [3.63, 3.8) is 0 Å². The number of anilines is 1. The quantitative estimate of drug-likeness (QED) is 0.748. The van der Waals surface area contributed by atoms with Crippen LogP contribution >= 0.6 is 0 Å². The van der Waals surface area contributed by atoms with Crippen molar-refractivity contribution in [2.24, 2.45) is 0 Å². The van der Waals surface area contributed by atoms with Crippen molar-refractivity contribution in [1.82, 2.24) is 4.90 Å². The highest BCUT2D eigenvalue weighted by molar-refractivity contribution is 5.40. The Morgan fingerprint density at radius 3 is 2.65 bits per heavy atom. The van der Waals surface area contributed by atoms with Crippen LogP contribution in [0, 0.1) is 5.82 Å². The van der Waals surface area contributed by atoms with E-state index in [1.54, 1.807) is 12.1 Å². The summed E-state index contributed by atoms with van der Waals surface area (Å²) in [5.41, 5.74) is 6.60. The van der Waals surface area contributed by atoms with Crippen molar-refractivity contribution in [2.45, 2.75) is 32.9 Å². The van der Waals surface area contributed by atoms with Crippen LogP contribution in [0.15, 0.2) is 18.2 Å². The number of nitrogens with two attached hydrogens (primary N) is 1. The summed E-state index contributed by atoms with van der Waals surface area (Å²) in [4.78, 5) is 2.13. The molecule has 0 bridgehead atoms. The van der Waals surface area contributed by atoms with Crippen LogP contribution in [0.5, 0.6) is 0 Å². The van der Waals surface area contributed by atoms with E-state index in [1.165, 1.54) is 6.07 Å². The number of nitrogens with zero attached hydrogens (tertiary/aromatic N) is 1. The first-order chi connectivity index (χ1) is 8.04. The molecule has 17 heavy (non-hydrogen) atoms. The minimum absolute atomic E-state index is 0.160. The molecule has 4 heteroatoms. The third-order valence-electron chi connectivity index (χ3n) is 2.78. The van der Waals surface area contributed by atoms with Crippen LogP contribution in [-0.2, 0) is 6.54 Å². The summed E-state index contributed by atoms with van der Waals surface area (Å²) in [5, 5.41) is 8.84. The molecule has 1 aromatic rings. The largest absolute Gasteiger partial charge is 0.399 e. The van der Waals surface area contributed by atoms with E-state index in [1.807, 2.05) is 0 Å². The lowest BCUT2D eigenvalue weighted by molar-refractivity contribution is 0.183. The van der Waals surface area contributed by atoms with E-state index in [0.29, 0.717) is 30.3 Å². The molecule has 0 aromatic heterocycles. The molecule has 0 spiro atoms. The van der Waals surface area contributed by atoms with E-state index < -0.39 is 0 Å². The zero-order chi connectivity index (χ0) is 12.8. The lowest BCUT2D eigenvalue weighted by Crippen LogP contribution is -2.32. The van der Waals surface area contributed by atoms with Crippen molar-refractivity contribution in [2.75, 3.05) is 18.9 Å². The second kappa shape index (κ2) is 6.57. The zero-order valence-electron chi connectivity index (χ0n) is 10.5. The molecule has 1 aromatic carbocycles. The van der Waals surface area contributed by atoms with Gasteiger partial charge in [0.25, 0.3) is 0 Å². The zero-order valence-corrected chi connectivity index (χ0v) is 10.5. The van der Waals surface area contributed by atoms with E-state index >= 15 is 0 Å². The van der Waals surface area contributed by atoms with Gasteiger partial charge in [-0.1, -0.05) is 6.07 Å². The maximum atomic E-state index is 13.6. The summed E-state index contributed by atoms with van der Waals surface area (Å²) < 4.78 is 13.6. The van der Waals surface area contributed by atoms with E-state index in [0.717, 1.165) is 6.54 Å². The van der Waals surface area contributed by atoms with Crippen molar-refractivity contribution in [3.8, 4) is 0 Å². The Kier molecular flexibility index (Phi) is 5.38. The Bertz CT molecular complexity index is 355. The molecule has 0 aliphatic carbocycles. The van der Waals surface area contributed by atoms with Crippen molar-refractivity contribution in [1.29, 1.82) is 0 Å². The summed E-state index contributed by atoms with van der Waals surface area (Å²) in [5.74, 6) is -0.264. The number of hydrogen-bond acceptors (Lipinski definition) is 3. The number of rotatable bonds is 6. The van der Waals surface area contributed by atoms with Gasteiger partial charge in [0.05, 0.1) is 0 Å². The SMILES string of the molecule is CC(C)N(CCCO)Cc1ccc(N)cc1F. The Hall–Kier alpha value is -1.13. The second-order valence-electron chi connectivity index (χ2n) is 4.49. The number of aliphatic hydroxyl groups excluding tert-OH is 1. The monoisotopic (exact) mass is 240 g/mol. The number of aliphatic hydroxyl groups is 1. The first-order valence-corrected chi connectivity index (χ1v) is 5.93. The first kappa shape index (κ1) is 13.9. The molecule has 0 unspecified atom stereocenters. The first-order valence-electron chi connectivity index (χ1n) is 5.93. The van der Waals surface area contributed by atoms with Crippen LogP contribution in [0.1, 0.15) is 25.8 Å². The third-order valence-corrected chi connectivity index (χ3v) is 2.78. The molecule has 1 rings (SSSR count). The molecule has 0 aliphatic rings. The number of nitrogen functional groups attached to an aromatic ring is 1. The summed E-state index contributed by atoms with van der Waals surface area (Å²) >= 11 is 0. The van der Waals surface area contributed by atoms with E-state index in [-0.39, 0.29) is 12.4 Å². The second-order valence-corrected chi connectivity index (χ2v) is 4.49. The molecule has 96 valence electrons. The fourth-order valence-electron chi connectivity index (χ4n) is 1.70. The molecule has 0 amide bonds. The number of halogens is 1. The Balaban J connectivity index is 2.71. The van der Waals surface area contributed by atoms with Crippen LogP contribution in [0.2, 0.25) is 0 Å². The summed E-state index contributed by atoms with van der Waals surface area (Å²) in [6.07, 6.45) is 0.703. The van der Waals surface area contributed by atoms with Gasteiger partial charge in [0.2, 0.25) is 0 Å². The summed E-state index contributed by atoms with van der Waals surface area (Å²) in [6.45, 7) is 5.59. The van der Waals surface area contributed by atoms with Crippen LogP contribution in [0.25, 0.3) is 0 Å². The van der Waals surface area contributed by atoms with Crippen LogP contribution in [0.4, 0.5) is 10.1 Å². The Morgan fingerprint density at radius 1 is 1.41 bits per heavy atom. The topological polar surface area (TPSA) is 49.5 Å². The molecule has 0 aliphatic heterocycles. The van der Waals surface area contributed by atoms with Gasteiger partial charge in [0.15, 0.2) is 0 Å². The molecular weight excluding hydrogens is 219 g/mol. The van der Waals surface area contributed by atoms with E-state index in [4.69, 9.17) is 10.8 Å². The fourth-order valence-corrected chi connectivity index (χ4v) is 1.70. The average molecular weight is 240 g/mol. The van der Waals surface area contributed by atoms with Crippen LogP contribution in [-0.4, -0.2) is 29.2 Å². The lowest BCUT2D eigenvalue weighted by Gasteiger charge is -2.26. The van der Waals surface area contributed by atoms with Crippen molar-refractivity contribution >= 4 is 5.69 Å². The van der Waals surface area contributed by atoms with Crippen molar-refractivity contribution in [3.05, 3.63) is 29.6 Å². The van der Waals surface area contributed by atoms with Gasteiger partial charge in [0.1, 0.15) is 5.82 Å².